The number of aliphatic carboxylic acids is 1. The lowest BCUT2D eigenvalue weighted by Gasteiger charge is -2.41. The van der Waals surface area contributed by atoms with Gasteiger partial charge in [0.15, 0.2) is 0 Å². The summed E-state index contributed by atoms with van der Waals surface area (Å²) in [5, 5.41) is 8.95. The second-order valence-corrected chi connectivity index (χ2v) is 5.05. The van der Waals surface area contributed by atoms with Crippen LogP contribution in [0.2, 0.25) is 0 Å². The van der Waals surface area contributed by atoms with Gasteiger partial charge >= 0.3 is 5.97 Å². The van der Waals surface area contributed by atoms with E-state index in [0.29, 0.717) is 13.2 Å². The van der Waals surface area contributed by atoms with E-state index < -0.39 is 5.97 Å². The van der Waals surface area contributed by atoms with Gasteiger partial charge < -0.3 is 14.6 Å². The van der Waals surface area contributed by atoms with E-state index in [-0.39, 0.29) is 11.8 Å². The molecule has 1 fully saturated rings. The van der Waals surface area contributed by atoms with E-state index in [1.54, 1.807) is 7.11 Å². The van der Waals surface area contributed by atoms with Crippen molar-refractivity contribution in [3.8, 4) is 5.75 Å². The van der Waals surface area contributed by atoms with Crippen LogP contribution in [0.4, 0.5) is 0 Å². The molecule has 0 bridgehead atoms. The number of carboxylic acids is 1. The van der Waals surface area contributed by atoms with Crippen LogP contribution in [-0.2, 0) is 14.9 Å². The van der Waals surface area contributed by atoms with E-state index >= 15 is 0 Å². The summed E-state index contributed by atoms with van der Waals surface area (Å²) in [5.41, 5.74) is 0.583. The maximum Gasteiger partial charge on any atom is 0.304 e. The van der Waals surface area contributed by atoms with Crippen LogP contribution in [0.1, 0.15) is 12.0 Å². The number of benzene rings is 1. The lowest BCUT2D eigenvalue weighted by Crippen LogP contribution is -2.48. The summed E-state index contributed by atoms with van der Waals surface area (Å²) in [5.74, 6) is -0.0697. The standard InChI is InChI=1S/C12H13BrO4/c1-16-10-3-2-8(4-9(10)13)12(5-11(14)15)6-17-7-12/h2-4H,5-7H2,1H3,(H,14,15). The normalized spacial score (nSPS) is 17.3. The van der Waals surface area contributed by atoms with E-state index in [2.05, 4.69) is 15.9 Å². The largest absolute Gasteiger partial charge is 0.496 e. The highest BCUT2D eigenvalue weighted by atomic mass is 79.9. The predicted molar refractivity (Wildman–Crippen MR) is 65.4 cm³/mol. The summed E-state index contributed by atoms with van der Waals surface area (Å²) < 4.78 is 11.2. The number of halogens is 1. The second kappa shape index (κ2) is 4.66. The van der Waals surface area contributed by atoms with Crippen molar-refractivity contribution in [1.29, 1.82) is 0 Å². The van der Waals surface area contributed by atoms with Crippen LogP contribution >= 0.6 is 15.9 Å². The van der Waals surface area contributed by atoms with Gasteiger partial charge in [0.05, 0.1) is 36.6 Å². The average Bonchev–Trinajstić information content (AvgIpc) is 2.23. The number of ether oxygens (including phenoxy) is 2. The Morgan fingerprint density at radius 1 is 1.59 bits per heavy atom. The number of rotatable bonds is 4. The number of carbonyl (C=O) groups is 1. The Kier molecular flexibility index (Phi) is 3.40. The van der Waals surface area contributed by atoms with Crippen molar-refractivity contribution in [2.45, 2.75) is 11.8 Å². The van der Waals surface area contributed by atoms with E-state index in [0.717, 1.165) is 15.8 Å². The fourth-order valence-corrected chi connectivity index (χ4v) is 2.55. The third-order valence-corrected chi connectivity index (χ3v) is 3.63. The Labute approximate surface area is 108 Å². The maximum atomic E-state index is 10.9. The molecule has 92 valence electrons. The van der Waals surface area contributed by atoms with E-state index in [1.165, 1.54) is 0 Å². The van der Waals surface area contributed by atoms with Gasteiger partial charge in [-0.15, -0.1) is 0 Å². The molecule has 0 amide bonds. The highest BCUT2D eigenvalue weighted by Gasteiger charge is 2.42. The van der Waals surface area contributed by atoms with Crippen molar-refractivity contribution in [3.63, 3.8) is 0 Å². The summed E-state index contributed by atoms with van der Waals surface area (Å²) in [6.07, 6.45) is 0.0891. The topological polar surface area (TPSA) is 55.8 Å². The third-order valence-electron chi connectivity index (χ3n) is 3.01. The molecule has 17 heavy (non-hydrogen) atoms. The lowest BCUT2D eigenvalue weighted by atomic mass is 9.76. The number of carboxylic acid groups (broad SMARTS) is 1. The van der Waals surface area contributed by atoms with Gasteiger partial charge in [-0.25, -0.2) is 0 Å². The van der Waals surface area contributed by atoms with Crippen LogP contribution in [-0.4, -0.2) is 31.4 Å². The minimum atomic E-state index is -0.805. The molecule has 0 saturated carbocycles. The van der Waals surface area contributed by atoms with Crippen LogP contribution in [0.3, 0.4) is 0 Å². The van der Waals surface area contributed by atoms with Crippen LogP contribution < -0.4 is 4.74 Å². The van der Waals surface area contributed by atoms with Gasteiger partial charge in [-0.05, 0) is 33.6 Å². The van der Waals surface area contributed by atoms with Gasteiger partial charge in [0.25, 0.3) is 0 Å². The van der Waals surface area contributed by atoms with Crippen molar-refractivity contribution >= 4 is 21.9 Å². The van der Waals surface area contributed by atoms with Crippen molar-refractivity contribution in [3.05, 3.63) is 28.2 Å². The second-order valence-electron chi connectivity index (χ2n) is 4.19. The molecular formula is C12H13BrO4. The Balaban J connectivity index is 2.31. The van der Waals surface area contributed by atoms with Crippen molar-refractivity contribution in [1.82, 2.24) is 0 Å². The van der Waals surface area contributed by atoms with Crippen molar-refractivity contribution < 1.29 is 19.4 Å². The Bertz CT molecular complexity index is 440. The lowest BCUT2D eigenvalue weighted by molar-refractivity contribution is -0.145. The predicted octanol–water partition coefficient (Wildman–Crippen LogP) is 2.20. The van der Waals surface area contributed by atoms with Gasteiger partial charge in [0.2, 0.25) is 0 Å². The molecule has 1 aliphatic rings. The van der Waals surface area contributed by atoms with Gasteiger partial charge in [-0.1, -0.05) is 6.07 Å². The van der Waals surface area contributed by atoms with Crippen LogP contribution in [0.15, 0.2) is 22.7 Å². The third kappa shape index (κ3) is 2.30. The molecule has 0 aromatic heterocycles. The molecule has 0 aliphatic carbocycles. The summed E-state index contributed by atoms with van der Waals surface area (Å²) in [4.78, 5) is 10.9. The van der Waals surface area contributed by atoms with Crippen molar-refractivity contribution in [2.24, 2.45) is 0 Å². The molecule has 0 radical (unpaired) electrons. The zero-order chi connectivity index (χ0) is 12.5. The number of methoxy groups -OCH3 is 1. The molecule has 1 heterocycles. The van der Waals surface area contributed by atoms with Crippen LogP contribution in [0, 0.1) is 0 Å². The molecule has 1 aromatic carbocycles. The highest BCUT2D eigenvalue weighted by Crippen LogP contribution is 2.38. The minimum absolute atomic E-state index is 0.0891. The average molecular weight is 301 g/mol. The summed E-state index contributed by atoms with van der Waals surface area (Å²) in [6, 6.07) is 5.64. The zero-order valence-corrected chi connectivity index (χ0v) is 11.0. The van der Waals surface area contributed by atoms with E-state index in [9.17, 15) is 4.79 Å². The smallest absolute Gasteiger partial charge is 0.304 e. The molecule has 5 heteroatoms. The maximum absolute atomic E-state index is 10.9. The molecule has 1 aromatic rings. The first-order chi connectivity index (χ1) is 8.07. The summed E-state index contributed by atoms with van der Waals surface area (Å²) in [7, 11) is 1.60. The molecule has 0 atom stereocenters. The summed E-state index contributed by atoms with van der Waals surface area (Å²) >= 11 is 3.41. The first-order valence-corrected chi connectivity index (χ1v) is 6.00. The molecule has 0 spiro atoms. The van der Waals surface area contributed by atoms with Gasteiger partial charge in [0, 0.05) is 0 Å². The van der Waals surface area contributed by atoms with Crippen molar-refractivity contribution in [2.75, 3.05) is 20.3 Å². The van der Waals surface area contributed by atoms with Crippen LogP contribution in [0.25, 0.3) is 0 Å². The minimum Gasteiger partial charge on any atom is -0.496 e. The van der Waals surface area contributed by atoms with Gasteiger partial charge in [-0.2, -0.15) is 0 Å². The Morgan fingerprint density at radius 3 is 2.71 bits per heavy atom. The highest BCUT2D eigenvalue weighted by molar-refractivity contribution is 9.10. The SMILES string of the molecule is COc1ccc(C2(CC(=O)O)COC2)cc1Br. The molecule has 4 nitrogen and oxygen atoms in total. The molecule has 1 saturated heterocycles. The van der Waals surface area contributed by atoms with Gasteiger partial charge in [0.1, 0.15) is 5.75 Å². The first-order valence-electron chi connectivity index (χ1n) is 5.21. The summed E-state index contributed by atoms with van der Waals surface area (Å²) in [6.45, 7) is 0.913. The van der Waals surface area contributed by atoms with Crippen LogP contribution in [0.5, 0.6) is 5.75 Å². The first kappa shape index (κ1) is 12.4. The quantitative estimate of drug-likeness (QED) is 0.926. The number of hydrogen-bond acceptors (Lipinski definition) is 3. The molecule has 0 unspecified atom stereocenters. The van der Waals surface area contributed by atoms with E-state index in [4.69, 9.17) is 14.6 Å². The Morgan fingerprint density at radius 2 is 2.29 bits per heavy atom. The fraction of sp³-hybridized carbons (Fsp3) is 0.417. The molecular weight excluding hydrogens is 288 g/mol. The molecule has 1 N–H and O–H groups in total. The zero-order valence-electron chi connectivity index (χ0n) is 9.40. The van der Waals surface area contributed by atoms with E-state index in [1.807, 2.05) is 18.2 Å². The Hall–Kier alpha value is -1.07. The fourth-order valence-electron chi connectivity index (χ4n) is 2.00. The number of hydrogen-bond donors (Lipinski definition) is 1. The van der Waals surface area contributed by atoms with Gasteiger partial charge in [-0.3, -0.25) is 4.79 Å². The monoisotopic (exact) mass is 300 g/mol. The molecule has 2 rings (SSSR count). The molecule has 1 aliphatic heterocycles.